The molecule has 2 aromatic rings. The molecule has 1 aliphatic carbocycles. The Bertz CT molecular complexity index is 842. The molecule has 4 rings (SSSR count). The fourth-order valence-corrected chi connectivity index (χ4v) is 5.34. The Morgan fingerprint density at radius 3 is 2.83 bits per heavy atom. The minimum atomic E-state index is -3.31. The van der Waals surface area contributed by atoms with Crippen molar-refractivity contribution < 1.29 is 12.8 Å². The zero-order valence-electron chi connectivity index (χ0n) is 13.4. The standard InChI is InChI=1S/C15H20FN5O2S/c1-20(15-13-2-3-17-14(13)18-9-19-15)12-4-10(5-12)8-24(22,23)21-6-11(16)7-21/h2-3,9-12H,4-8H2,1H3,(H,17,18,19). The molecule has 1 saturated carbocycles. The third-order valence-electron chi connectivity index (χ3n) is 5.07. The summed E-state index contributed by atoms with van der Waals surface area (Å²) in [6, 6.07) is 2.21. The average Bonchev–Trinajstić information content (AvgIpc) is 2.95. The molecular weight excluding hydrogens is 333 g/mol. The van der Waals surface area contributed by atoms with Crippen molar-refractivity contribution in [3.8, 4) is 0 Å². The highest BCUT2D eigenvalue weighted by atomic mass is 32.2. The maximum Gasteiger partial charge on any atom is 0.214 e. The molecule has 0 amide bonds. The molecule has 0 unspecified atom stereocenters. The number of hydrogen-bond acceptors (Lipinski definition) is 5. The van der Waals surface area contributed by atoms with Crippen LogP contribution in [0, 0.1) is 5.92 Å². The Labute approximate surface area is 139 Å². The van der Waals surface area contributed by atoms with Crippen molar-refractivity contribution in [3.63, 3.8) is 0 Å². The summed E-state index contributed by atoms with van der Waals surface area (Å²) in [4.78, 5) is 13.7. The Morgan fingerprint density at radius 1 is 1.38 bits per heavy atom. The predicted octanol–water partition coefficient (Wildman–Crippen LogP) is 1.16. The van der Waals surface area contributed by atoms with Gasteiger partial charge in [0, 0.05) is 32.4 Å². The lowest BCUT2D eigenvalue weighted by molar-refractivity contribution is 0.139. The monoisotopic (exact) mass is 353 g/mol. The van der Waals surface area contributed by atoms with Crippen molar-refractivity contribution in [2.45, 2.75) is 25.1 Å². The second-order valence-corrected chi connectivity index (χ2v) is 8.75. The summed E-state index contributed by atoms with van der Waals surface area (Å²) in [5.41, 5.74) is 0.795. The molecule has 1 N–H and O–H groups in total. The zero-order valence-corrected chi connectivity index (χ0v) is 14.2. The van der Waals surface area contributed by atoms with E-state index in [1.54, 1.807) is 0 Å². The second-order valence-electron chi connectivity index (χ2n) is 6.73. The van der Waals surface area contributed by atoms with Gasteiger partial charge in [-0.15, -0.1) is 0 Å². The molecule has 130 valence electrons. The average molecular weight is 353 g/mol. The van der Waals surface area contributed by atoms with Crippen LogP contribution in [0.5, 0.6) is 0 Å². The van der Waals surface area contributed by atoms with E-state index in [1.807, 2.05) is 19.3 Å². The maximum atomic E-state index is 12.9. The minimum absolute atomic E-state index is 0.0186. The fourth-order valence-electron chi connectivity index (χ4n) is 3.48. The van der Waals surface area contributed by atoms with Crippen molar-refractivity contribution >= 4 is 26.9 Å². The SMILES string of the molecule is CN(c1ncnc2[nH]ccc12)C1CC(CS(=O)(=O)N2CC(F)C2)C1. The van der Waals surface area contributed by atoms with Crippen LogP contribution in [0.4, 0.5) is 10.2 Å². The number of fused-ring (bicyclic) bond motifs is 1. The van der Waals surface area contributed by atoms with Gasteiger partial charge in [0.15, 0.2) is 0 Å². The molecule has 0 bridgehead atoms. The number of H-pyrrole nitrogens is 1. The smallest absolute Gasteiger partial charge is 0.214 e. The molecule has 2 aliphatic rings. The van der Waals surface area contributed by atoms with Gasteiger partial charge in [-0.2, -0.15) is 4.31 Å². The summed E-state index contributed by atoms with van der Waals surface area (Å²) in [7, 11) is -1.33. The molecule has 7 nitrogen and oxygen atoms in total. The number of alkyl halides is 1. The van der Waals surface area contributed by atoms with Gasteiger partial charge in [0.25, 0.3) is 0 Å². The number of sulfonamides is 1. The summed E-state index contributed by atoms with van der Waals surface area (Å²) >= 11 is 0. The van der Waals surface area contributed by atoms with Gasteiger partial charge in [0.05, 0.1) is 11.1 Å². The van der Waals surface area contributed by atoms with E-state index in [1.165, 1.54) is 10.6 Å². The van der Waals surface area contributed by atoms with Crippen molar-refractivity contribution in [1.82, 2.24) is 19.3 Å². The van der Waals surface area contributed by atoms with E-state index in [2.05, 4.69) is 19.9 Å². The van der Waals surface area contributed by atoms with E-state index in [-0.39, 0.29) is 30.8 Å². The van der Waals surface area contributed by atoms with E-state index < -0.39 is 16.2 Å². The lowest BCUT2D eigenvalue weighted by Crippen LogP contribution is -2.54. The van der Waals surface area contributed by atoms with E-state index in [0.29, 0.717) is 0 Å². The quantitative estimate of drug-likeness (QED) is 0.872. The van der Waals surface area contributed by atoms with Crippen molar-refractivity contribution in [2.75, 3.05) is 30.8 Å². The van der Waals surface area contributed by atoms with Crippen LogP contribution < -0.4 is 4.90 Å². The van der Waals surface area contributed by atoms with Crippen molar-refractivity contribution in [2.24, 2.45) is 5.92 Å². The summed E-state index contributed by atoms with van der Waals surface area (Å²) in [5.74, 6) is 1.10. The Hall–Kier alpha value is -1.74. The molecule has 9 heteroatoms. The van der Waals surface area contributed by atoms with E-state index in [4.69, 9.17) is 0 Å². The predicted molar refractivity (Wildman–Crippen MR) is 89.1 cm³/mol. The van der Waals surface area contributed by atoms with Crippen molar-refractivity contribution in [3.05, 3.63) is 18.6 Å². The number of nitrogens with zero attached hydrogens (tertiary/aromatic N) is 4. The molecule has 24 heavy (non-hydrogen) atoms. The number of rotatable bonds is 5. The van der Waals surface area contributed by atoms with Crippen LogP contribution in [-0.4, -0.2) is 65.8 Å². The number of nitrogens with one attached hydrogen (secondary N) is 1. The summed E-state index contributed by atoms with van der Waals surface area (Å²) < 4.78 is 38.5. The van der Waals surface area contributed by atoms with Gasteiger partial charge >= 0.3 is 0 Å². The molecule has 0 radical (unpaired) electrons. The molecule has 0 spiro atoms. The molecule has 2 fully saturated rings. The largest absolute Gasteiger partial charge is 0.356 e. The molecule has 3 heterocycles. The number of aromatic amines is 1. The van der Waals surface area contributed by atoms with Crippen LogP contribution in [0.15, 0.2) is 18.6 Å². The first-order valence-electron chi connectivity index (χ1n) is 8.07. The number of anilines is 1. The van der Waals surface area contributed by atoms with Crippen LogP contribution >= 0.6 is 0 Å². The van der Waals surface area contributed by atoms with E-state index >= 15 is 0 Å². The van der Waals surface area contributed by atoms with Crippen LogP contribution in [0.2, 0.25) is 0 Å². The van der Waals surface area contributed by atoms with E-state index in [0.717, 1.165) is 29.7 Å². The first-order valence-corrected chi connectivity index (χ1v) is 9.68. The summed E-state index contributed by atoms with van der Waals surface area (Å²) in [5, 5.41) is 0.964. The molecule has 0 aromatic carbocycles. The van der Waals surface area contributed by atoms with Crippen LogP contribution in [0.1, 0.15) is 12.8 Å². The third kappa shape index (κ3) is 2.65. The van der Waals surface area contributed by atoms with Crippen LogP contribution in [-0.2, 0) is 10.0 Å². The first-order chi connectivity index (χ1) is 11.4. The minimum Gasteiger partial charge on any atom is -0.356 e. The Kier molecular flexibility index (Phi) is 3.72. The maximum absolute atomic E-state index is 12.9. The summed E-state index contributed by atoms with van der Waals surface area (Å²) in [6.07, 6.45) is 3.97. The highest BCUT2D eigenvalue weighted by molar-refractivity contribution is 7.89. The van der Waals surface area contributed by atoms with Crippen LogP contribution in [0.3, 0.4) is 0 Å². The van der Waals surface area contributed by atoms with Gasteiger partial charge in [0.1, 0.15) is 24.0 Å². The van der Waals surface area contributed by atoms with E-state index in [9.17, 15) is 12.8 Å². The molecule has 1 saturated heterocycles. The highest BCUT2D eigenvalue weighted by Crippen LogP contribution is 2.36. The Balaban J connectivity index is 1.38. The third-order valence-corrected chi connectivity index (χ3v) is 7.05. The molecular formula is C15H20FN5O2S. The molecule has 0 atom stereocenters. The fraction of sp³-hybridized carbons (Fsp3) is 0.600. The number of aromatic nitrogens is 3. The van der Waals surface area contributed by atoms with Gasteiger partial charge in [-0.05, 0) is 24.8 Å². The van der Waals surface area contributed by atoms with Gasteiger partial charge in [0.2, 0.25) is 10.0 Å². The number of hydrogen-bond donors (Lipinski definition) is 1. The highest BCUT2D eigenvalue weighted by Gasteiger charge is 2.41. The normalized spacial score (nSPS) is 25.4. The summed E-state index contributed by atoms with van der Waals surface area (Å²) in [6.45, 7) is 0.0373. The number of halogens is 1. The zero-order chi connectivity index (χ0) is 16.9. The van der Waals surface area contributed by atoms with Gasteiger partial charge in [-0.3, -0.25) is 0 Å². The lowest BCUT2D eigenvalue weighted by atomic mass is 9.81. The topological polar surface area (TPSA) is 82.2 Å². The molecule has 1 aliphatic heterocycles. The Morgan fingerprint density at radius 2 is 2.12 bits per heavy atom. The first kappa shape index (κ1) is 15.8. The van der Waals surface area contributed by atoms with Gasteiger partial charge < -0.3 is 9.88 Å². The second kappa shape index (κ2) is 5.66. The molecule has 2 aromatic heterocycles. The lowest BCUT2D eigenvalue weighted by Gasteiger charge is -2.43. The van der Waals surface area contributed by atoms with Crippen LogP contribution in [0.25, 0.3) is 11.0 Å². The van der Waals surface area contributed by atoms with Crippen molar-refractivity contribution in [1.29, 1.82) is 0 Å². The van der Waals surface area contributed by atoms with Gasteiger partial charge in [-0.1, -0.05) is 0 Å². The van der Waals surface area contributed by atoms with Gasteiger partial charge in [-0.25, -0.2) is 22.8 Å².